The standard InChI is InChI=1S/C25H27F2N3O4/c26-19-4-5-21(22(27)15-19)23-17-29-25(34-23)7-6-24(31)28-16-18-2-1-3-20(14-18)33-13-10-30-8-11-32-12-9-30/h1-5,14-15,17H,6-13,16H2,(H,28,31). The SMILES string of the molecule is O=C(CCc1ncc(-c2ccc(F)cc2F)o1)NCc1cccc(OCCN2CCOCC2)c1. The highest BCUT2D eigenvalue weighted by atomic mass is 19.1. The lowest BCUT2D eigenvalue weighted by Crippen LogP contribution is -2.38. The maximum Gasteiger partial charge on any atom is 0.220 e. The Morgan fingerprint density at radius 3 is 2.82 bits per heavy atom. The van der Waals surface area contributed by atoms with Crippen LogP contribution >= 0.6 is 0 Å². The minimum absolute atomic E-state index is 0.122. The average molecular weight is 472 g/mol. The molecule has 34 heavy (non-hydrogen) atoms. The maximum atomic E-state index is 13.9. The minimum atomic E-state index is -0.729. The van der Waals surface area contributed by atoms with E-state index in [1.54, 1.807) is 0 Å². The van der Waals surface area contributed by atoms with Gasteiger partial charge in [-0.25, -0.2) is 13.8 Å². The monoisotopic (exact) mass is 471 g/mol. The quantitative estimate of drug-likeness (QED) is 0.487. The van der Waals surface area contributed by atoms with Gasteiger partial charge in [0, 0.05) is 45.1 Å². The van der Waals surface area contributed by atoms with Gasteiger partial charge in [-0.15, -0.1) is 0 Å². The molecule has 2 heterocycles. The van der Waals surface area contributed by atoms with Crippen molar-refractivity contribution in [1.29, 1.82) is 0 Å². The van der Waals surface area contributed by atoms with Crippen molar-refractivity contribution in [1.82, 2.24) is 15.2 Å². The van der Waals surface area contributed by atoms with Gasteiger partial charge in [0.05, 0.1) is 25.0 Å². The number of rotatable bonds is 10. The topological polar surface area (TPSA) is 76.8 Å². The number of hydrogen-bond acceptors (Lipinski definition) is 6. The lowest BCUT2D eigenvalue weighted by atomic mass is 10.2. The van der Waals surface area contributed by atoms with Gasteiger partial charge in [-0.1, -0.05) is 12.1 Å². The van der Waals surface area contributed by atoms with E-state index in [1.165, 1.54) is 12.3 Å². The molecule has 4 rings (SSSR count). The molecule has 0 saturated carbocycles. The van der Waals surface area contributed by atoms with Crippen molar-refractivity contribution >= 4 is 5.91 Å². The van der Waals surface area contributed by atoms with E-state index in [0.717, 1.165) is 56.3 Å². The number of hydrogen-bond donors (Lipinski definition) is 1. The van der Waals surface area contributed by atoms with Gasteiger partial charge >= 0.3 is 0 Å². The number of carbonyl (C=O) groups is 1. The first kappa shape index (κ1) is 23.8. The third-order valence-corrected chi connectivity index (χ3v) is 5.48. The molecule has 0 aliphatic carbocycles. The van der Waals surface area contributed by atoms with Crippen LogP contribution in [0.2, 0.25) is 0 Å². The van der Waals surface area contributed by atoms with Crippen LogP contribution in [0.5, 0.6) is 5.75 Å². The summed E-state index contributed by atoms with van der Waals surface area (Å²) in [4.78, 5) is 18.7. The fourth-order valence-electron chi connectivity index (χ4n) is 3.61. The molecule has 2 aromatic carbocycles. The molecule has 9 heteroatoms. The highest BCUT2D eigenvalue weighted by molar-refractivity contribution is 5.76. The second kappa shape index (κ2) is 11.7. The van der Waals surface area contributed by atoms with Gasteiger partial charge in [0.2, 0.25) is 5.91 Å². The van der Waals surface area contributed by atoms with Crippen molar-refractivity contribution in [3.8, 4) is 17.1 Å². The smallest absolute Gasteiger partial charge is 0.220 e. The van der Waals surface area contributed by atoms with Gasteiger partial charge in [-0.3, -0.25) is 9.69 Å². The van der Waals surface area contributed by atoms with Crippen molar-refractivity contribution in [3.05, 3.63) is 71.8 Å². The Morgan fingerprint density at radius 2 is 2.00 bits per heavy atom. The van der Waals surface area contributed by atoms with E-state index in [0.29, 0.717) is 19.0 Å². The number of halogens is 2. The van der Waals surface area contributed by atoms with Crippen LogP contribution < -0.4 is 10.1 Å². The molecule has 180 valence electrons. The van der Waals surface area contributed by atoms with Crippen LogP contribution in [-0.2, 0) is 22.5 Å². The molecule has 0 unspecified atom stereocenters. The second-order valence-corrected chi connectivity index (χ2v) is 7.97. The lowest BCUT2D eigenvalue weighted by molar-refractivity contribution is -0.121. The lowest BCUT2D eigenvalue weighted by Gasteiger charge is -2.26. The van der Waals surface area contributed by atoms with E-state index >= 15 is 0 Å². The molecule has 3 aromatic rings. The summed E-state index contributed by atoms with van der Waals surface area (Å²) in [5.74, 6) is -0.287. The van der Waals surface area contributed by atoms with E-state index in [4.69, 9.17) is 13.9 Å². The van der Waals surface area contributed by atoms with Crippen molar-refractivity contribution in [3.63, 3.8) is 0 Å². The number of ether oxygens (including phenoxy) is 2. The Kier molecular flexibility index (Phi) is 8.21. The highest BCUT2D eigenvalue weighted by Gasteiger charge is 2.13. The summed E-state index contributed by atoms with van der Waals surface area (Å²) in [6.45, 7) is 5.19. The molecular formula is C25H27F2N3O4. The molecule has 1 N–H and O–H groups in total. The predicted octanol–water partition coefficient (Wildman–Crippen LogP) is 3.58. The summed E-state index contributed by atoms with van der Waals surface area (Å²) in [6, 6.07) is 10.9. The molecule has 0 spiro atoms. The van der Waals surface area contributed by atoms with E-state index in [-0.39, 0.29) is 30.1 Å². The van der Waals surface area contributed by atoms with Crippen LogP contribution in [0.25, 0.3) is 11.3 Å². The summed E-state index contributed by atoms with van der Waals surface area (Å²) in [6.07, 6.45) is 1.80. The zero-order valence-electron chi connectivity index (χ0n) is 18.8. The van der Waals surface area contributed by atoms with Crippen LogP contribution in [0, 0.1) is 11.6 Å². The zero-order valence-corrected chi connectivity index (χ0v) is 18.8. The molecule has 1 aliphatic heterocycles. The van der Waals surface area contributed by atoms with Crippen LogP contribution in [0.4, 0.5) is 8.78 Å². The van der Waals surface area contributed by atoms with Crippen LogP contribution in [0.15, 0.2) is 53.1 Å². The third kappa shape index (κ3) is 6.85. The molecule has 1 fully saturated rings. The number of benzene rings is 2. The molecule has 0 radical (unpaired) electrons. The summed E-state index contributed by atoms with van der Waals surface area (Å²) in [5.41, 5.74) is 1.05. The average Bonchev–Trinajstić information content (AvgIpc) is 3.31. The molecule has 1 aliphatic rings. The highest BCUT2D eigenvalue weighted by Crippen LogP contribution is 2.24. The number of morpholine rings is 1. The predicted molar refractivity (Wildman–Crippen MR) is 121 cm³/mol. The Balaban J connectivity index is 1.20. The van der Waals surface area contributed by atoms with Gasteiger partial charge < -0.3 is 19.2 Å². The molecule has 7 nitrogen and oxygen atoms in total. The van der Waals surface area contributed by atoms with Gasteiger partial charge in [0.15, 0.2) is 11.7 Å². The molecule has 1 amide bonds. The molecular weight excluding hydrogens is 444 g/mol. The molecule has 0 bridgehead atoms. The van der Waals surface area contributed by atoms with Crippen molar-refractivity contribution in [2.75, 3.05) is 39.5 Å². The first-order valence-corrected chi connectivity index (χ1v) is 11.3. The fourth-order valence-corrected chi connectivity index (χ4v) is 3.61. The van der Waals surface area contributed by atoms with Crippen molar-refractivity contribution in [2.24, 2.45) is 0 Å². The number of aryl methyl sites for hydroxylation is 1. The largest absolute Gasteiger partial charge is 0.492 e. The number of amides is 1. The fraction of sp³-hybridized carbons (Fsp3) is 0.360. The van der Waals surface area contributed by atoms with E-state index < -0.39 is 11.6 Å². The summed E-state index contributed by atoms with van der Waals surface area (Å²) < 4.78 is 43.7. The number of carbonyl (C=O) groups excluding carboxylic acids is 1. The van der Waals surface area contributed by atoms with Crippen LogP contribution in [0.3, 0.4) is 0 Å². The van der Waals surface area contributed by atoms with Gasteiger partial charge in [0.1, 0.15) is 24.0 Å². The Hall–Kier alpha value is -3.30. The Labute approximate surface area is 196 Å². The number of nitrogens with zero attached hydrogens (tertiary/aromatic N) is 2. The first-order valence-electron chi connectivity index (χ1n) is 11.3. The molecule has 0 atom stereocenters. The van der Waals surface area contributed by atoms with Gasteiger partial charge in [-0.2, -0.15) is 0 Å². The molecule has 1 aromatic heterocycles. The van der Waals surface area contributed by atoms with Crippen molar-refractivity contribution in [2.45, 2.75) is 19.4 Å². The van der Waals surface area contributed by atoms with Gasteiger partial charge in [-0.05, 0) is 29.8 Å². The molecule has 1 saturated heterocycles. The summed E-state index contributed by atoms with van der Waals surface area (Å²) in [5, 5.41) is 2.87. The van der Waals surface area contributed by atoms with Crippen LogP contribution in [-0.4, -0.2) is 55.2 Å². The second-order valence-electron chi connectivity index (χ2n) is 7.97. The Bertz CT molecular complexity index is 1100. The van der Waals surface area contributed by atoms with Gasteiger partial charge in [0.25, 0.3) is 0 Å². The van der Waals surface area contributed by atoms with Crippen molar-refractivity contribution < 1.29 is 27.5 Å². The van der Waals surface area contributed by atoms with Crippen LogP contribution in [0.1, 0.15) is 17.9 Å². The number of nitrogens with one attached hydrogen (secondary N) is 1. The minimum Gasteiger partial charge on any atom is -0.492 e. The third-order valence-electron chi connectivity index (χ3n) is 5.48. The Morgan fingerprint density at radius 1 is 1.15 bits per heavy atom. The van der Waals surface area contributed by atoms with E-state index in [2.05, 4.69) is 15.2 Å². The van der Waals surface area contributed by atoms with E-state index in [9.17, 15) is 13.6 Å². The summed E-state index contributed by atoms with van der Waals surface area (Å²) in [7, 11) is 0. The number of aromatic nitrogens is 1. The zero-order chi connectivity index (χ0) is 23.8. The maximum absolute atomic E-state index is 13.9. The normalized spacial score (nSPS) is 14.2. The van der Waals surface area contributed by atoms with E-state index in [1.807, 2.05) is 24.3 Å². The first-order chi connectivity index (χ1) is 16.6. The number of oxazole rings is 1. The summed E-state index contributed by atoms with van der Waals surface area (Å²) >= 11 is 0.